The van der Waals surface area contributed by atoms with Gasteiger partial charge in [-0.3, -0.25) is 4.98 Å². The van der Waals surface area contributed by atoms with Gasteiger partial charge in [-0.25, -0.2) is 15.0 Å². The van der Waals surface area contributed by atoms with Crippen LogP contribution in [0.5, 0.6) is 0 Å². The molecule has 188 valence electrons. The maximum atomic E-state index is 5.11. The quantitative estimate of drug-likeness (QED) is 0.285. The first-order valence-corrected chi connectivity index (χ1v) is 14.1. The molecule has 0 amide bonds. The number of fused-ring (bicyclic) bond motifs is 4. The molecule has 0 spiro atoms. The Bertz CT molecular complexity index is 1860. The molecule has 0 fully saturated rings. The van der Waals surface area contributed by atoms with E-state index in [1.807, 2.05) is 42.7 Å². The predicted octanol–water partition coefficient (Wildman–Crippen LogP) is 5.59. The Morgan fingerprint density at radius 1 is 0.769 bits per heavy atom. The van der Waals surface area contributed by atoms with E-state index in [1.54, 1.807) is 0 Å². The van der Waals surface area contributed by atoms with Crippen molar-refractivity contribution in [2.24, 2.45) is 0 Å². The molecule has 1 aliphatic heterocycles. The van der Waals surface area contributed by atoms with Crippen molar-refractivity contribution < 1.29 is 0 Å². The zero-order valence-electron chi connectivity index (χ0n) is 22.4. The fourth-order valence-corrected chi connectivity index (χ4v) is 7.54. The van der Waals surface area contributed by atoms with Crippen molar-refractivity contribution in [2.75, 3.05) is 0 Å². The standard InChI is InChI=1S/C33H27BN4S/c1-20-17-18-26(35-19-20)23-13-10-16-27-28(23)29-30(39-27)34(25-15-9-8-14-24(25)33(29,3)4)32-37-21(2)36-31(38-32)22-11-6-5-7-12-22/h5-19H,1-4H3. The van der Waals surface area contributed by atoms with Crippen LogP contribution in [0.4, 0.5) is 0 Å². The van der Waals surface area contributed by atoms with E-state index < -0.39 is 0 Å². The lowest BCUT2D eigenvalue weighted by Crippen LogP contribution is -2.61. The van der Waals surface area contributed by atoms with Crippen LogP contribution in [0.1, 0.15) is 36.4 Å². The minimum Gasteiger partial charge on any atom is -0.256 e. The second kappa shape index (κ2) is 8.96. The average molecular weight is 522 g/mol. The van der Waals surface area contributed by atoms with E-state index in [-0.39, 0.29) is 12.1 Å². The zero-order valence-corrected chi connectivity index (χ0v) is 23.3. The summed E-state index contributed by atoms with van der Waals surface area (Å²) >= 11 is 1.86. The van der Waals surface area contributed by atoms with Gasteiger partial charge in [-0.15, -0.1) is 11.3 Å². The number of nitrogens with zero attached hydrogens (tertiary/aromatic N) is 4. The first-order valence-electron chi connectivity index (χ1n) is 13.3. The van der Waals surface area contributed by atoms with Crippen LogP contribution in [0.25, 0.3) is 32.7 Å². The maximum Gasteiger partial charge on any atom is 0.302 e. The molecule has 39 heavy (non-hydrogen) atoms. The lowest BCUT2D eigenvalue weighted by molar-refractivity contribution is 0.654. The first kappa shape index (κ1) is 23.9. The second-order valence-corrected chi connectivity index (χ2v) is 11.9. The largest absolute Gasteiger partial charge is 0.302 e. The maximum absolute atomic E-state index is 5.11. The molecule has 7 rings (SSSR count). The van der Waals surface area contributed by atoms with Crippen molar-refractivity contribution in [3.05, 3.63) is 114 Å². The van der Waals surface area contributed by atoms with Gasteiger partial charge in [-0.1, -0.05) is 92.1 Å². The van der Waals surface area contributed by atoms with Crippen LogP contribution >= 0.6 is 11.3 Å². The Labute approximate surface area is 233 Å². The lowest BCUT2D eigenvalue weighted by atomic mass is 9.37. The molecule has 3 aromatic heterocycles. The summed E-state index contributed by atoms with van der Waals surface area (Å²) in [4.78, 5) is 19.6. The molecular formula is C33H27BN4S. The molecular weight excluding hydrogens is 495 g/mol. The Balaban J connectivity index is 1.53. The lowest BCUT2D eigenvalue weighted by Gasteiger charge is -2.36. The second-order valence-electron chi connectivity index (χ2n) is 10.8. The van der Waals surface area contributed by atoms with Crippen molar-refractivity contribution in [2.45, 2.75) is 33.1 Å². The highest BCUT2D eigenvalue weighted by molar-refractivity contribution is 7.32. The number of aryl methyl sites for hydroxylation is 2. The Kier molecular flexibility index (Phi) is 5.49. The van der Waals surface area contributed by atoms with E-state index in [4.69, 9.17) is 19.9 Å². The highest BCUT2D eigenvalue weighted by atomic mass is 32.1. The van der Waals surface area contributed by atoms with Crippen molar-refractivity contribution in [1.29, 1.82) is 0 Å². The topological polar surface area (TPSA) is 51.6 Å². The monoisotopic (exact) mass is 522 g/mol. The Morgan fingerprint density at radius 3 is 2.36 bits per heavy atom. The van der Waals surface area contributed by atoms with E-state index in [0.29, 0.717) is 5.82 Å². The molecule has 3 aromatic carbocycles. The number of hydrogen-bond donors (Lipinski definition) is 0. The molecule has 0 aliphatic carbocycles. The number of aromatic nitrogens is 4. The van der Waals surface area contributed by atoms with Gasteiger partial charge < -0.3 is 0 Å². The summed E-state index contributed by atoms with van der Waals surface area (Å²) in [5.41, 5.74) is 8.86. The van der Waals surface area contributed by atoms with Crippen LogP contribution in [-0.2, 0) is 5.41 Å². The number of benzene rings is 3. The highest BCUT2D eigenvalue weighted by Crippen LogP contribution is 2.43. The summed E-state index contributed by atoms with van der Waals surface area (Å²) in [5.74, 6) is 1.45. The van der Waals surface area contributed by atoms with Crippen molar-refractivity contribution in [3.63, 3.8) is 0 Å². The molecule has 1 aliphatic rings. The van der Waals surface area contributed by atoms with E-state index in [1.165, 1.54) is 37.0 Å². The highest BCUT2D eigenvalue weighted by Gasteiger charge is 2.44. The number of rotatable bonds is 3. The number of thiophene rings is 1. The third-order valence-electron chi connectivity index (χ3n) is 7.82. The van der Waals surface area contributed by atoms with Crippen LogP contribution in [0.15, 0.2) is 91.1 Å². The normalized spacial score (nSPS) is 13.8. The third kappa shape index (κ3) is 3.82. The van der Waals surface area contributed by atoms with Crippen LogP contribution in [0.3, 0.4) is 0 Å². The third-order valence-corrected chi connectivity index (χ3v) is 9.04. The minimum atomic E-state index is -0.203. The number of hydrogen-bond acceptors (Lipinski definition) is 5. The van der Waals surface area contributed by atoms with Gasteiger partial charge in [0.2, 0.25) is 0 Å². The Morgan fingerprint density at radius 2 is 1.56 bits per heavy atom. The van der Waals surface area contributed by atoms with Crippen molar-refractivity contribution in [1.82, 2.24) is 19.9 Å². The van der Waals surface area contributed by atoms with Crippen LogP contribution in [-0.4, -0.2) is 26.6 Å². The molecule has 6 aromatic rings. The molecule has 6 heteroatoms. The molecule has 0 unspecified atom stereocenters. The predicted molar refractivity (Wildman–Crippen MR) is 163 cm³/mol. The zero-order chi connectivity index (χ0) is 26.7. The summed E-state index contributed by atoms with van der Waals surface area (Å²) in [7, 11) is 0. The average Bonchev–Trinajstić information content (AvgIpc) is 3.34. The van der Waals surface area contributed by atoms with Crippen molar-refractivity contribution >= 4 is 44.1 Å². The van der Waals surface area contributed by atoms with Crippen LogP contribution in [0, 0.1) is 13.8 Å². The van der Waals surface area contributed by atoms with Crippen LogP contribution in [0.2, 0.25) is 0 Å². The fourth-order valence-electron chi connectivity index (χ4n) is 6.03. The van der Waals surface area contributed by atoms with E-state index in [0.717, 1.165) is 28.4 Å². The summed E-state index contributed by atoms with van der Waals surface area (Å²) < 4.78 is 2.57. The summed E-state index contributed by atoms with van der Waals surface area (Å²) in [5, 5.41) is 1.28. The SMILES string of the molecule is Cc1ccc(-c2cccc3sc4c(c23)C(C)(C)c2ccccc2B4c2nc(C)nc(-c3ccccc3)n2)nc1. The van der Waals surface area contributed by atoms with E-state index in [9.17, 15) is 0 Å². The van der Waals surface area contributed by atoms with Crippen LogP contribution < -0.4 is 16.0 Å². The van der Waals surface area contributed by atoms with Crippen molar-refractivity contribution in [3.8, 4) is 22.6 Å². The van der Waals surface area contributed by atoms with Gasteiger partial charge in [-0.2, -0.15) is 0 Å². The molecule has 0 atom stereocenters. The molecule has 4 heterocycles. The van der Waals surface area contributed by atoms with E-state index >= 15 is 0 Å². The Hall–Kier alpha value is -4.16. The fraction of sp³-hybridized carbons (Fsp3) is 0.152. The van der Waals surface area contributed by atoms with Gasteiger partial charge in [0.25, 0.3) is 0 Å². The first-order chi connectivity index (χ1) is 18.9. The summed E-state index contributed by atoms with van der Waals surface area (Å²) in [6.45, 7) is 8.66. The van der Waals surface area contributed by atoms with Gasteiger partial charge in [0.05, 0.1) is 5.69 Å². The van der Waals surface area contributed by atoms with Gasteiger partial charge >= 0.3 is 6.71 Å². The smallest absolute Gasteiger partial charge is 0.256 e. The summed E-state index contributed by atoms with van der Waals surface area (Å²) in [6.07, 6.45) is 1.95. The van der Waals surface area contributed by atoms with Gasteiger partial charge in [0.15, 0.2) is 5.82 Å². The molecule has 0 saturated carbocycles. The molecule has 0 bridgehead atoms. The summed E-state index contributed by atoms with van der Waals surface area (Å²) in [6, 6.07) is 29.9. The molecule has 4 nitrogen and oxygen atoms in total. The minimum absolute atomic E-state index is 0.0791. The number of pyridine rings is 1. The van der Waals surface area contributed by atoms with Gasteiger partial charge in [0.1, 0.15) is 11.5 Å². The molecule has 0 saturated heterocycles. The molecule has 0 N–H and O–H groups in total. The van der Waals surface area contributed by atoms with E-state index in [2.05, 4.69) is 87.5 Å². The molecule has 0 radical (unpaired) electrons. The van der Waals surface area contributed by atoms with Gasteiger partial charge in [0, 0.05) is 32.8 Å². The van der Waals surface area contributed by atoms with Gasteiger partial charge in [-0.05, 0) is 47.4 Å².